The summed E-state index contributed by atoms with van der Waals surface area (Å²) in [7, 11) is 0. The minimum absolute atomic E-state index is 0.730. The molecule has 0 amide bonds. The molecule has 0 radical (unpaired) electrons. The van der Waals surface area contributed by atoms with Crippen molar-refractivity contribution in [2.75, 3.05) is 0 Å². The number of nitrogens with one attached hydrogen (secondary N) is 1. The lowest BCUT2D eigenvalue weighted by Gasteiger charge is -2.20. The Morgan fingerprint density at radius 3 is 2.25 bits per heavy atom. The zero-order valence-electron chi connectivity index (χ0n) is 4.93. The van der Waals surface area contributed by atoms with Gasteiger partial charge in [-0.3, -0.25) is 0 Å². The monoisotopic (exact) mass is 109 g/mol. The van der Waals surface area contributed by atoms with Crippen LogP contribution in [-0.2, 0) is 0 Å². The van der Waals surface area contributed by atoms with Gasteiger partial charge in [0.15, 0.2) is 0 Å². The molecule has 2 bridgehead atoms. The Morgan fingerprint density at radius 1 is 1.12 bits per heavy atom. The van der Waals surface area contributed by atoms with E-state index in [1.165, 1.54) is 19.3 Å². The Balaban J connectivity index is 2.13. The number of piperidine rings is 1. The fourth-order valence-electron chi connectivity index (χ4n) is 1.57. The van der Waals surface area contributed by atoms with E-state index in [1.54, 1.807) is 0 Å². The minimum atomic E-state index is 0.730. The van der Waals surface area contributed by atoms with Gasteiger partial charge in [-0.2, -0.15) is 0 Å². The molecule has 0 aromatic rings. The zero-order chi connectivity index (χ0) is 5.40. The van der Waals surface area contributed by atoms with Crippen molar-refractivity contribution in [3.05, 3.63) is 12.2 Å². The summed E-state index contributed by atoms with van der Waals surface area (Å²) in [5.74, 6) is 0. The van der Waals surface area contributed by atoms with Crippen molar-refractivity contribution in [3.63, 3.8) is 0 Å². The molecule has 1 nitrogen and oxygen atoms in total. The predicted octanol–water partition coefficient (Wildman–Crippen LogP) is 1.07. The average Bonchev–Trinajstić information content (AvgIpc) is 2.12. The molecule has 0 saturated carbocycles. The highest BCUT2D eigenvalue weighted by Crippen LogP contribution is 2.19. The first-order valence-corrected chi connectivity index (χ1v) is 3.39. The molecule has 44 valence electrons. The Morgan fingerprint density at radius 2 is 1.75 bits per heavy atom. The summed E-state index contributed by atoms with van der Waals surface area (Å²) < 4.78 is 0. The van der Waals surface area contributed by atoms with Gasteiger partial charge in [0.05, 0.1) is 0 Å². The number of fused-ring (bicyclic) bond motifs is 2. The number of hydrogen-bond donors (Lipinski definition) is 1. The minimum Gasteiger partial charge on any atom is -0.304 e. The van der Waals surface area contributed by atoms with Gasteiger partial charge in [-0.1, -0.05) is 12.2 Å². The maximum Gasteiger partial charge on any atom is 0.0256 e. The van der Waals surface area contributed by atoms with Gasteiger partial charge in [0, 0.05) is 12.1 Å². The fourth-order valence-corrected chi connectivity index (χ4v) is 1.57. The molecular formula is C7H11N. The molecule has 1 fully saturated rings. The van der Waals surface area contributed by atoms with Crippen LogP contribution in [0.2, 0.25) is 0 Å². The van der Waals surface area contributed by atoms with Crippen molar-refractivity contribution in [1.82, 2.24) is 5.32 Å². The van der Waals surface area contributed by atoms with Crippen molar-refractivity contribution in [2.45, 2.75) is 31.3 Å². The van der Waals surface area contributed by atoms with Gasteiger partial charge in [0.1, 0.15) is 0 Å². The molecule has 0 aromatic carbocycles. The van der Waals surface area contributed by atoms with Crippen LogP contribution in [0.25, 0.3) is 0 Å². The summed E-state index contributed by atoms with van der Waals surface area (Å²) in [5, 5.41) is 3.48. The van der Waals surface area contributed by atoms with Crippen LogP contribution in [-0.4, -0.2) is 12.1 Å². The molecule has 0 unspecified atom stereocenters. The topological polar surface area (TPSA) is 12.0 Å². The molecule has 2 heterocycles. The molecule has 8 heavy (non-hydrogen) atoms. The van der Waals surface area contributed by atoms with Crippen LogP contribution >= 0.6 is 0 Å². The Hall–Kier alpha value is -0.300. The molecule has 1 N–H and O–H groups in total. The lowest BCUT2D eigenvalue weighted by atomic mass is 10.1. The smallest absolute Gasteiger partial charge is 0.0256 e. The first kappa shape index (κ1) is 4.57. The summed E-state index contributed by atoms with van der Waals surface area (Å²) in [6.45, 7) is 0. The number of rotatable bonds is 0. The molecule has 1 heteroatoms. The molecule has 0 aliphatic carbocycles. The highest BCUT2D eigenvalue weighted by molar-refractivity contribution is 5.10. The van der Waals surface area contributed by atoms with E-state index in [-0.39, 0.29) is 0 Å². The Kier molecular flexibility index (Phi) is 0.908. The summed E-state index contributed by atoms with van der Waals surface area (Å²) in [6.07, 6.45) is 8.73. The van der Waals surface area contributed by atoms with E-state index < -0.39 is 0 Å². The Bertz CT molecular complexity index is 106. The van der Waals surface area contributed by atoms with Crippen LogP contribution in [0.1, 0.15) is 19.3 Å². The molecule has 1 saturated heterocycles. The van der Waals surface area contributed by atoms with E-state index in [1.807, 2.05) is 0 Å². The Labute approximate surface area is 49.8 Å². The van der Waals surface area contributed by atoms with Gasteiger partial charge in [-0.15, -0.1) is 0 Å². The van der Waals surface area contributed by atoms with Gasteiger partial charge < -0.3 is 5.32 Å². The third-order valence-corrected chi connectivity index (χ3v) is 2.03. The van der Waals surface area contributed by atoms with Crippen molar-refractivity contribution in [3.8, 4) is 0 Å². The lowest BCUT2D eigenvalue weighted by molar-refractivity contribution is 0.427. The largest absolute Gasteiger partial charge is 0.304 e. The second-order valence-electron chi connectivity index (χ2n) is 2.70. The molecule has 2 rings (SSSR count). The van der Waals surface area contributed by atoms with Crippen LogP contribution in [0.4, 0.5) is 0 Å². The van der Waals surface area contributed by atoms with E-state index in [2.05, 4.69) is 17.5 Å². The van der Waals surface area contributed by atoms with Gasteiger partial charge in [-0.05, 0) is 19.3 Å². The molecule has 2 atom stereocenters. The van der Waals surface area contributed by atoms with E-state index in [9.17, 15) is 0 Å². The van der Waals surface area contributed by atoms with Crippen LogP contribution in [0.5, 0.6) is 0 Å². The summed E-state index contributed by atoms with van der Waals surface area (Å²) in [4.78, 5) is 0. The van der Waals surface area contributed by atoms with E-state index in [4.69, 9.17) is 0 Å². The summed E-state index contributed by atoms with van der Waals surface area (Å²) in [6, 6.07) is 1.46. The fraction of sp³-hybridized carbons (Fsp3) is 0.714. The maximum atomic E-state index is 3.48. The van der Waals surface area contributed by atoms with Gasteiger partial charge in [0.2, 0.25) is 0 Å². The first-order chi connectivity index (χ1) is 3.95. The SMILES string of the molecule is C1=C[C@H]2CCC[C@@H]1N2. The van der Waals surface area contributed by atoms with E-state index in [0.717, 1.165) is 12.1 Å². The van der Waals surface area contributed by atoms with Crippen molar-refractivity contribution in [2.24, 2.45) is 0 Å². The highest BCUT2D eigenvalue weighted by atomic mass is 15.0. The zero-order valence-corrected chi connectivity index (χ0v) is 4.93. The number of hydrogen-bond acceptors (Lipinski definition) is 1. The summed E-state index contributed by atoms with van der Waals surface area (Å²) in [5.41, 5.74) is 0. The lowest BCUT2D eigenvalue weighted by Crippen LogP contribution is -2.34. The van der Waals surface area contributed by atoms with E-state index >= 15 is 0 Å². The maximum absolute atomic E-state index is 3.48. The third kappa shape index (κ3) is 0.583. The van der Waals surface area contributed by atoms with Crippen molar-refractivity contribution in [1.29, 1.82) is 0 Å². The second-order valence-corrected chi connectivity index (χ2v) is 2.70. The van der Waals surface area contributed by atoms with Crippen LogP contribution in [0.3, 0.4) is 0 Å². The van der Waals surface area contributed by atoms with Gasteiger partial charge in [0.25, 0.3) is 0 Å². The van der Waals surface area contributed by atoms with Crippen molar-refractivity contribution >= 4 is 0 Å². The van der Waals surface area contributed by atoms with Gasteiger partial charge >= 0.3 is 0 Å². The average molecular weight is 109 g/mol. The summed E-state index contributed by atoms with van der Waals surface area (Å²) >= 11 is 0. The third-order valence-electron chi connectivity index (χ3n) is 2.03. The molecular weight excluding hydrogens is 98.1 g/mol. The quantitative estimate of drug-likeness (QED) is 0.459. The predicted molar refractivity (Wildman–Crippen MR) is 33.7 cm³/mol. The van der Waals surface area contributed by atoms with Crippen LogP contribution < -0.4 is 5.32 Å². The van der Waals surface area contributed by atoms with Crippen LogP contribution in [0, 0.1) is 0 Å². The van der Waals surface area contributed by atoms with Crippen LogP contribution in [0.15, 0.2) is 12.2 Å². The highest BCUT2D eigenvalue weighted by Gasteiger charge is 2.21. The van der Waals surface area contributed by atoms with Crippen molar-refractivity contribution < 1.29 is 0 Å². The normalized spacial score (nSPS) is 43.0. The second kappa shape index (κ2) is 1.59. The van der Waals surface area contributed by atoms with Gasteiger partial charge in [-0.25, -0.2) is 0 Å². The molecule has 0 aromatic heterocycles. The van der Waals surface area contributed by atoms with E-state index in [0.29, 0.717) is 0 Å². The molecule has 0 spiro atoms. The molecule has 2 aliphatic heterocycles. The first-order valence-electron chi connectivity index (χ1n) is 3.39. The standard InChI is InChI=1S/C7H11N/c1-2-6-4-5-7(3-1)8-6/h4-8H,1-3H2/t6-,7+. The molecule has 2 aliphatic rings.